The maximum absolute atomic E-state index is 12.2. The topological polar surface area (TPSA) is 102 Å². The lowest BCUT2D eigenvalue weighted by Crippen LogP contribution is -2.34. The normalized spacial score (nSPS) is 17.3. The zero-order valence-corrected chi connectivity index (χ0v) is 19.9. The summed E-state index contributed by atoms with van der Waals surface area (Å²) in [5.74, 6) is 0.670. The molecule has 9 nitrogen and oxygen atoms in total. The maximum Gasteiger partial charge on any atom is 0.376 e. The number of benzene rings is 2. The first-order chi connectivity index (χ1) is 15.9. The zero-order valence-electron chi connectivity index (χ0n) is 18.3. The van der Waals surface area contributed by atoms with Crippen LogP contribution in [-0.2, 0) is 48.8 Å². The number of fused-ring (bicyclic) bond motifs is 2. The molecule has 2 aliphatic heterocycles. The lowest BCUT2D eigenvalue weighted by Gasteiger charge is -2.28. The van der Waals surface area contributed by atoms with E-state index in [1.165, 1.54) is 0 Å². The highest BCUT2D eigenvalue weighted by Crippen LogP contribution is 2.32. The highest BCUT2D eigenvalue weighted by atomic mass is 32.3. The van der Waals surface area contributed by atoms with E-state index in [0.29, 0.717) is 38.8 Å². The van der Waals surface area contributed by atoms with Crippen LogP contribution < -0.4 is 18.2 Å². The van der Waals surface area contributed by atoms with Crippen molar-refractivity contribution in [3.8, 4) is 11.5 Å². The van der Waals surface area contributed by atoms with Crippen LogP contribution in [0, 0.1) is 0 Å². The minimum absolute atomic E-state index is 0.0642. The van der Waals surface area contributed by atoms with Crippen molar-refractivity contribution >= 4 is 45.9 Å². The van der Waals surface area contributed by atoms with Crippen LogP contribution in [-0.4, -0.2) is 33.3 Å². The Morgan fingerprint density at radius 1 is 0.727 bits per heavy atom. The molecule has 2 aromatic rings. The van der Waals surface area contributed by atoms with Gasteiger partial charge in [-0.15, -0.1) is 3.63 Å². The van der Waals surface area contributed by atoms with Gasteiger partial charge in [0.25, 0.3) is 0 Å². The van der Waals surface area contributed by atoms with Gasteiger partial charge in [-0.2, -0.15) is 8.42 Å². The van der Waals surface area contributed by atoms with E-state index in [9.17, 15) is 18.0 Å². The fourth-order valence-corrected chi connectivity index (χ4v) is 5.21. The van der Waals surface area contributed by atoms with E-state index in [1.807, 2.05) is 13.8 Å². The van der Waals surface area contributed by atoms with E-state index in [4.69, 9.17) is 12.0 Å². The number of anilines is 2. The minimum atomic E-state index is -2.37. The average molecular weight is 493 g/mol. The molecule has 4 rings (SSSR count). The van der Waals surface area contributed by atoms with Crippen LogP contribution in [0.2, 0.25) is 0 Å². The molecule has 0 saturated heterocycles. The SMILES string of the molecule is CCN1C(=O)CCc2cc(OS(=O)OS(=O)Oc3ccc4c(c3)CCC(=O)N4CC)ccc21. The van der Waals surface area contributed by atoms with E-state index >= 15 is 0 Å². The smallest absolute Gasteiger partial charge is 0.376 e. The number of rotatable bonds is 8. The molecule has 2 heterocycles. The summed E-state index contributed by atoms with van der Waals surface area (Å²) in [4.78, 5) is 27.4. The van der Waals surface area contributed by atoms with Crippen LogP contribution in [0.3, 0.4) is 0 Å². The van der Waals surface area contributed by atoms with Crippen LogP contribution in [0.4, 0.5) is 11.4 Å². The Morgan fingerprint density at radius 3 is 1.55 bits per heavy atom. The van der Waals surface area contributed by atoms with Crippen LogP contribution in [0.1, 0.15) is 37.8 Å². The summed E-state index contributed by atoms with van der Waals surface area (Å²) in [5, 5.41) is 0. The lowest BCUT2D eigenvalue weighted by molar-refractivity contribution is -0.119. The molecule has 0 unspecified atom stereocenters. The predicted molar refractivity (Wildman–Crippen MR) is 124 cm³/mol. The van der Waals surface area contributed by atoms with E-state index < -0.39 is 22.7 Å². The first kappa shape index (κ1) is 23.4. The quantitative estimate of drug-likeness (QED) is 0.558. The largest absolute Gasteiger partial charge is 0.379 e. The summed E-state index contributed by atoms with van der Waals surface area (Å²) in [7, 11) is 0. The molecular weight excluding hydrogens is 468 g/mol. The molecule has 0 N–H and O–H groups in total. The summed E-state index contributed by atoms with van der Waals surface area (Å²) in [6.45, 7) is 4.93. The summed E-state index contributed by atoms with van der Waals surface area (Å²) in [5.41, 5.74) is 3.40. The number of aryl methyl sites for hydroxylation is 2. The van der Waals surface area contributed by atoms with Crippen molar-refractivity contribution in [3.05, 3.63) is 47.5 Å². The van der Waals surface area contributed by atoms with Crippen molar-refractivity contribution in [3.63, 3.8) is 0 Å². The number of nitrogens with zero attached hydrogens (tertiary/aromatic N) is 2. The molecule has 176 valence electrons. The molecule has 0 aromatic heterocycles. The summed E-state index contributed by atoms with van der Waals surface area (Å²) < 4.78 is 39.7. The Balaban J connectivity index is 1.37. The monoisotopic (exact) mass is 492 g/mol. The standard InChI is InChI=1S/C22H24N2O7S2/c1-3-23-19-9-7-17(13-15(19)5-11-21(23)25)29-32(27)31-33(28)30-18-8-10-20-16(14-18)6-12-22(26)24(20)4-2/h7-10,13-14H,3-6,11-12H2,1-2H3. The first-order valence-corrected chi connectivity index (χ1v) is 12.6. The molecule has 2 aromatic carbocycles. The van der Waals surface area contributed by atoms with Crippen molar-refractivity contribution in [2.75, 3.05) is 22.9 Å². The van der Waals surface area contributed by atoms with Crippen LogP contribution in [0.5, 0.6) is 11.5 Å². The third-order valence-electron chi connectivity index (χ3n) is 5.57. The van der Waals surface area contributed by atoms with Crippen molar-refractivity contribution in [2.45, 2.75) is 39.5 Å². The van der Waals surface area contributed by atoms with Crippen molar-refractivity contribution in [1.29, 1.82) is 0 Å². The zero-order chi connectivity index (χ0) is 23.5. The molecule has 0 atom stereocenters. The molecule has 0 radical (unpaired) electrons. The van der Waals surface area contributed by atoms with Crippen LogP contribution in [0.15, 0.2) is 36.4 Å². The van der Waals surface area contributed by atoms with Gasteiger partial charge in [-0.05, 0) is 74.2 Å². The Morgan fingerprint density at radius 2 is 1.15 bits per heavy atom. The highest BCUT2D eigenvalue weighted by molar-refractivity contribution is 7.89. The predicted octanol–water partition coefficient (Wildman–Crippen LogP) is 2.92. The van der Waals surface area contributed by atoms with E-state index in [1.54, 1.807) is 46.2 Å². The van der Waals surface area contributed by atoms with Gasteiger partial charge in [0.05, 0.1) is 0 Å². The van der Waals surface area contributed by atoms with Gasteiger partial charge in [0, 0.05) is 37.3 Å². The Bertz CT molecular complexity index is 1050. The molecule has 0 saturated carbocycles. The average Bonchev–Trinajstić information content (AvgIpc) is 2.79. The van der Waals surface area contributed by atoms with Gasteiger partial charge in [-0.1, -0.05) is 0 Å². The summed E-state index contributed by atoms with van der Waals surface area (Å²) >= 11 is -4.73. The van der Waals surface area contributed by atoms with Crippen LogP contribution >= 0.6 is 0 Å². The van der Waals surface area contributed by atoms with Gasteiger partial charge in [0.15, 0.2) is 0 Å². The number of carbonyl (C=O) groups is 2. The second-order valence-corrected chi connectivity index (χ2v) is 9.19. The van der Waals surface area contributed by atoms with Crippen molar-refractivity contribution in [1.82, 2.24) is 0 Å². The first-order valence-electron chi connectivity index (χ1n) is 10.6. The van der Waals surface area contributed by atoms with E-state index in [2.05, 4.69) is 0 Å². The van der Waals surface area contributed by atoms with Crippen molar-refractivity contribution in [2.24, 2.45) is 0 Å². The molecule has 11 heteroatoms. The van der Waals surface area contributed by atoms with Gasteiger partial charge in [-0.25, -0.2) is 0 Å². The minimum Gasteiger partial charge on any atom is -0.379 e. The fourth-order valence-electron chi connectivity index (χ4n) is 4.10. The molecule has 0 bridgehead atoms. The number of carbonyl (C=O) groups excluding carboxylic acids is 2. The van der Waals surface area contributed by atoms with Gasteiger partial charge in [0.1, 0.15) is 11.5 Å². The number of hydrogen-bond donors (Lipinski definition) is 0. The Labute approximate surface area is 197 Å². The molecule has 0 aliphatic carbocycles. The summed E-state index contributed by atoms with van der Waals surface area (Å²) in [6, 6.07) is 10.0. The van der Waals surface area contributed by atoms with Crippen molar-refractivity contribution < 1.29 is 30.0 Å². The summed E-state index contributed by atoms with van der Waals surface area (Å²) in [6.07, 6.45) is 1.91. The van der Waals surface area contributed by atoms with E-state index in [-0.39, 0.29) is 23.3 Å². The third kappa shape index (κ3) is 5.10. The molecular formula is C22H24N2O7S2. The van der Waals surface area contributed by atoms with Gasteiger partial charge in [0.2, 0.25) is 11.8 Å². The highest BCUT2D eigenvalue weighted by Gasteiger charge is 2.25. The van der Waals surface area contributed by atoms with E-state index in [0.717, 1.165) is 22.5 Å². The van der Waals surface area contributed by atoms with Gasteiger partial charge < -0.3 is 18.2 Å². The molecule has 0 fully saturated rings. The number of amides is 2. The molecule has 2 amide bonds. The lowest BCUT2D eigenvalue weighted by atomic mass is 10.0. The molecule has 2 aliphatic rings. The second kappa shape index (κ2) is 10.0. The van der Waals surface area contributed by atoms with Crippen LogP contribution in [0.25, 0.3) is 0 Å². The fraction of sp³-hybridized carbons (Fsp3) is 0.364. The maximum atomic E-state index is 12.2. The molecule has 0 spiro atoms. The van der Waals surface area contributed by atoms with Gasteiger partial charge >= 0.3 is 22.7 Å². The third-order valence-corrected chi connectivity index (χ3v) is 7.12. The Kier molecular flexibility index (Phi) is 7.11. The Hall–Kier alpha value is -2.76. The second-order valence-electron chi connectivity index (χ2n) is 7.50. The number of hydrogen-bond acceptors (Lipinski definition) is 7. The molecule has 33 heavy (non-hydrogen) atoms. The van der Waals surface area contributed by atoms with Gasteiger partial charge in [-0.3, -0.25) is 9.59 Å².